The first-order valence-electron chi connectivity index (χ1n) is 8.52. The second-order valence-electron chi connectivity index (χ2n) is 5.87. The Bertz CT molecular complexity index is 474. The van der Waals surface area contributed by atoms with E-state index in [0.717, 1.165) is 23.7 Å². The first-order valence-corrected chi connectivity index (χ1v) is 9.68. The number of carbonyl (C=O) groups is 1. The number of para-hydroxylation sites is 2. The van der Waals surface area contributed by atoms with Crippen LogP contribution < -0.4 is 10.1 Å². The minimum absolute atomic E-state index is 0.0526. The van der Waals surface area contributed by atoms with E-state index in [1.165, 1.54) is 38.8 Å². The molecule has 1 aromatic rings. The third kappa shape index (κ3) is 6.83. The van der Waals surface area contributed by atoms with Crippen molar-refractivity contribution in [2.24, 2.45) is 0 Å². The fraction of sp³-hybridized carbons (Fsp3) is 0.611. The van der Waals surface area contributed by atoms with Gasteiger partial charge in [0, 0.05) is 24.5 Å². The minimum atomic E-state index is 0.0526. The molecule has 1 saturated heterocycles. The SMILES string of the molecule is COc1ccccc1NC(=O)CCSCCN1CCCCCC1. The summed E-state index contributed by atoms with van der Waals surface area (Å²) in [7, 11) is 1.61. The van der Waals surface area contributed by atoms with E-state index >= 15 is 0 Å². The van der Waals surface area contributed by atoms with Crippen molar-refractivity contribution >= 4 is 23.4 Å². The summed E-state index contributed by atoms with van der Waals surface area (Å²) in [4.78, 5) is 14.6. The molecule has 0 aromatic heterocycles. The van der Waals surface area contributed by atoms with Gasteiger partial charge in [-0.25, -0.2) is 0 Å². The Hall–Kier alpha value is -1.20. The molecule has 0 bridgehead atoms. The van der Waals surface area contributed by atoms with Crippen molar-refractivity contribution in [3.05, 3.63) is 24.3 Å². The molecule has 1 heterocycles. The summed E-state index contributed by atoms with van der Waals surface area (Å²) >= 11 is 1.87. The number of nitrogens with one attached hydrogen (secondary N) is 1. The van der Waals surface area contributed by atoms with Crippen molar-refractivity contribution in [1.29, 1.82) is 0 Å². The first-order chi connectivity index (χ1) is 11.3. The fourth-order valence-electron chi connectivity index (χ4n) is 2.78. The summed E-state index contributed by atoms with van der Waals surface area (Å²) in [5, 5.41) is 2.92. The molecule has 0 spiro atoms. The van der Waals surface area contributed by atoms with E-state index in [4.69, 9.17) is 4.74 Å². The zero-order valence-electron chi connectivity index (χ0n) is 14.1. The number of anilines is 1. The number of methoxy groups -OCH3 is 1. The molecular weight excluding hydrogens is 308 g/mol. The summed E-state index contributed by atoms with van der Waals surface area (Å²) in [6, 6.07) is 7.51. The lowest BCUT2D eigenvalue weighted by Gasteiger charge is -2.19. The average Bonchev–Trinajstić information content (AvgIpc) is 2.84. The highest BCUT2D eigenvalue weighted by atomic mass is 32.2. The van der Waals surface area contributed by atoms with Gasteiger partial charge in [0.1, 0.15) is 5.75 Å². The van der Waals surface area contributed by atoms with Gasteiger partial charge in [0.15, 0.2) is 0 Å². The van der Waals surface area contributed by atoms with Crippen LogP contribution in [0.1, 0.15) is 32.1 Å². The Kier molecular flexibility index (Phi) is 8.32. The van der Waals surface area contributed by atoms with Gasteiger partial charge in [0.2, 0.25) is 5.91 Å². The van der Waals surface area contributed by atoms with E-state index in [-0.39, 0.29) is 5.91 Å². The third-order valence-electron chi connectivity index (χ3n) is 4.11. The van der Waals surface area contributed by atoms with E-state index in [9.17, 15) is 4.79 Å². The Morgan fingerprint density at radius 2 is 1.91 bits per heavy atom. The van der Waals surface area contributed by atoms with Gasteiger partial charge in [-0.1, -0.05) is 25.0 Å². The lowest BCUT2D eigenvalue weighted by molar-refractivity contribution is -0.115. The van der Waals surface area contributed by atoms with E-state index in [1.54, 1.807) is 7.11 Å². The van der Waals surface area contributed by atoms with Crippen LogP contribution in [-0.4, -0.2) is 49.1 Å². The molecule has 1 aromatic carbocycles. The van der Waals surface area contributed by atoms with Crippen molar-refractivity contribution in [2.45, 2.75) is 32.1 Å². The predicted molar refractivity (Wildman–Crippen MR) is 98.5 cm³/mol. The molecule has 1 amide bonds. The maximum absolute atomic E-state index is 12.0. The molecule has 0 radical (unpaired) electrons. The standard InChI is InChI=1S/C18H28N2O2S/c1-22-17-9-5-4-8-16(17)19-18(21)10-14-23-15-13-20-11-6-2-3-7-12-20/h4-5,8-9H,2-3,6-7,10-15H2,1H3,(H,19,21). The number of ether oxygens (including phenoxy) is 1. The summed E-state index contributed by atoms with van der Waals surface area (Å²) in [5.41, 5.74) is 0.745. The molecule has 1 aliphatic heterocycles. The summed E-state index contributed by atoms with van der Waals surface area (Å²) in [5.74, 6) is 2.74. The number of amides is 1. The molecule has 4 nitrogen and oxygen atoms in total. The van der Waals surface area contributed by atoms with Gasteiger partial charge in [-0.2, -0.15) is 11.8 Å². The van der Waals surface area contributed by atoms with Crippen LogP contribution in [0.5, 0.6) is 5.75 Å². The number of likely N-dealkylation sites (tertiary alicyclic amines) is 1. The summed E-state index contributed by atoms with van der Waals surface area (Å²) in [6.45, 7) is 3.64. The molecular formula is C18H28N2O2S. The highest BCUT2D eigenvalue weighted by Gasteiger charge is 2.09. The first kappa shape index (κ1) is 18.1. The van der Waals surface area contributed by atoms with Gasteiger partial charge in [0.25, 0.3) is 0 Å². The maximum atomic E-state index is 12.0. The fourth-order valence-corrected chi connectivity index (χ4v) is 3.70. The molecule has 5 heteroatoms. The van der Waals surface area contributed by atoms with Crippen LogP contribution in [0.15, 0.2) is 24.3 Å². The summed E-state index contributed by atoms with van der Waals surface area (Å²) < 4.78 is 5.24. The van der Waals surface area contributed by atoms with Crippen LogP contribution in [0.25, 0.3) is 0 Å². The van der Waals surface area contributed by atoms with Crippen LogP contribution in [0.2, 0.25) is 0 Å². The van der Waals surface area contributed by atoms with Crippen molar-refractivity contribution in [2.75, 3.05) is 43.6 Å². The predicted octanol–water partition coefficient (Wildman–Crippen LogP) is 3.63. The zero-order valence-corrected chi connectivity index (χ0v) is 14.9. The number of thioether (sulfide) groups is 1. The highest BCUT2D eigenvalue weighted by Crippen LogP contribution is 2.23. The molecule has 1 fully saturated rings. The lowest BCUT2D eigenvalue weighted by Crippen LogP contribution is -2.27. The second kappa shape index (κ2) is 10.6. The molecule has 23 heavy (non-hydrogen) atoms. The van der Waals surface area contributed by atoms with Gasteiger partial charge >= 0.3 is 0 Å². The van der Waals surface area contributed by atoms with E-state index in [2.05, 4.69) is 10.2 Å². The van der Waals surface area contributed by atoms with Crippen LogP contribution in [-0.2, 0) is 4.79 Å². The van der Waals surface area contributed by atoms with Gasteiger partial charge in [-0.15, -0.1) is 0 Å². The zero-order chi connectivity index (χ0) is 16.3. The largest absolute Gasteiger partial charge is 0.495 e. The smallest absolute Gasteiger partial charge is 0.225 e. The van der Waals surface area contributed by atoms with Crippen LogP contribution >= 0.6 is 11.8 Å². The molecule has 0 atom stereocenters. The second-order valence-corrected chi connectivity index (χ2v) is 7.09. The van der Waals surface area contributed by atoms with Gasteiger partial charge in [-0.05, 0) is 38.1 Å². The lowest BCUT2D eigenvalue weighted by atomic mass is 10.2. The van der Waals surface area contributed by atoms with Crippen molar-refractivity contribution in [3.63, 3.8) is 0 Å². The van der Waals surface area contributed by atoms with E-state index in [0.29, 0.717) is 12.2 Å². The van der Waals surface area contributed by atoms with Crippen molar-refractivity contribution in [3.8, 4) is 5.75 Å². The Balaban J connectivity index is 1.59. The highest BCUT2D eigenvalue weighted by molar-refractivity contribution is 7.99. The molecule has 1 N–H and O–H groups in total. The van der Waals surface area contributed by atoms with Gasteiger partial charge in [0.05, 0.1) is 12.8 Å². The Morgan fingerprint density at radius 3 is 2.65 bits per heavy atom. The van der Waals surface area contributed by atoms with Crippen LogP contribution in [0, 0.1) is 0 Å². The van der Waals surface area contributed by atoms with Crippen molar-refractivity contribution < 1.29 is 9.53 Å². The average molecular weight is 337 g/mol. The third-order valence-corrected chi connectivity index (χ3v) is 5.07. The number of rotatable bonds is 8. The minimum Gasteiger partial charge on any atom is -0.495 e. The molecule has 0 aliphatic carbocycles. The molecule has 0 saturated carbocycles. The van der Waals surface area contributed by atoms with Crippen molar-refractivity contribution in [1.82, 2.24) is 4.90 Å². The number of hydrogen-bond acceptors (Lipinski definition) is 4. The maximum Gasteiger partial charge on any atom is 0.225 e. The molecule has 2 rings (SSSR count). The monoisotopic (exact) mass is 336 g/mol. The number of nitrogens with zero attached hydrogens (tertiary/aromatic N) is 1. The van der Waals surface area contributed by atoms with Gasteiger partial charge < -0.3 is 15.0 Å². The Morgan fingerprint density at radius 1 is 1.17 bits per heavy atom. The number of hydrogen-bond donors (Lipinski definition) is 1. The molecule has 1 aliphatic rings. The number of benzene rings is 1. The normalized spacial score (nSPS) is 15.9. The Labute approximate surface area is 144 Å². The quantitative estimate of drug-likeness (QED) is 0.736. The summed E-state index contributed by atoms with van der Waals surface area (Å²) in [6.07, 6.45) is 5.99. The topological polar surface area (TPSA) is 41.6 Å². The van der Waals surface area contributed by atoms with Crippen LogP contribution in [0.4, 0.5) is 5.69 Å². The van der Waals surface area contributed by atoms with E-state index in [1.807, 2.05) is 36.0 Å². The number of carbonyl (C=O) groups excluding carboxylic acids is 1. The molecule has 0 unspecified atom stereocenters. The molecule has 128 valence electrons. The van der Waals surface area contributed by atoms with Gasteiger partial charge in [-0.3, -0.25) is 4.79 Å². The van der Waals surface area contributed by atoms with E-state index < -0.39 is 0 Å². The van der Waals surface area contributed by atoms with Crippen LogP contribution in [0.3, 0.4) is 0 Å².